The van der Waals surface area contributed by atoms with Crippen LogP contribution in [0, 0.1) is 13.8 Å². The molecule has 2 aromatic heterocycles. The molecule has 0 aliphatic carbocycles. The normalized spacial score (nSPS) is 11.0. The van der Waals surface area contributed by atoms with Crippen LogP contribution in [0.1, 0.15) is 37.9 Å². The van der Waals surface area contributed by atoms with Crippen LogP contribution in [0.4, 0.5) is 0 Å². The standard InChI is InChI=1S/C19H17N3O4/c1-12-10-14(11-20-21-18(23)17-8-5-9-26-17)13(2)22(12)16-7-4-3-6-15(16)19(24)25/h3-11H,1-2H3,(H,21,23)(H,24,25)/b20-11-. The average Bonchev–Trinajstić information content (AvgIpc) is 3.24. The molecule has 0 aliphatic heterocycles. The first-order valence-electron chi connectivity index (χ1n) is 7.87. The number of nitrogens with zero attached hydrogens (tertiary/aromatic N) is 2. The predicted molar refractivity (Wildman–Crippen MR) is 96.0 cm³/mol. The maximum Gasteiger partial charge on any atom is 0.337 e. The number of nitrogens with one attached hydrogen (secondary N) is 1. The van der Waals surface area contributed by atoms with Gasteiger partial charge in [-0.25, -0.2) is 10.2 Å². The van der Waals surface area contributed by atoms with Crippen molar-refractivity contribution in [2.75, 3.05) is 0 Å². The van der Waals surface area contributed by atoms with Crippen LogP contribution in [0.3, 0.4) is 0 Å². The smallest absolute Gasteiger partial charge is 0.337 e. The summed E-state index contributed by atoms with van der Waals surface area (Å²) in [6.45, 7) is 3.74. The van der Waals surface area contributed by atoms with E-state index >= 15 is 0 Å². The Morgan fingerprint density at radius 1 is 1.19 bits per heavy atom. The summed E-state index contributed by atoms with van der Waals surface area (Å²) in [7, 11) is 0. The second-order valence-electron chi connectivity index (χ2n) is 5.66. The van der Waals surface area contributed by atoms with Crippen LogP contribution in [0.5, 0.6) is 0 Å². The number of carboxylic acids is 1. The van der Waals surface area contributed by atoms with Gasteiger partial charge in [-0.05, 0) is 44.2 Å². The van der Waals surface area contributed by atoms with Crippen molar-refractivity contribution in [2.45, 2.75) is 13.8 Å². The highest BCUT2D eigenvalue weighted by Crippen LogP contribution is 2.22. The number of carboxylic acid groups (broad SMARTS) is 1. The van der Waals surface area contributed by atoms with E-state index in [1.54, 1.807) is 36.4 Å². The lowest BCUT2D eigenvalue weighted by atomic mass is 10.1. The molecule has 1 amide bonds. The molecule has 0 saturated carbocycles. The van der Waals surface area contributed by atoms with Crippen LogP contribution < -0.4 is 5.43 Å². The van der Waals surface area contributed by atoms with E-state index in [2.05, 4.69) is 10.5 Å². The first-order chi connectivity index (χ1) is 12.5. The molecule has 0 bridgehead atoms. The van der Waals surface area contributed by atoms with Gasteiger partial charge in [-0.1, -0.05) is 12.1 Å². The zero-order valence-electron chi connectivity index (χ0n) is 14.3. The van der Waals surface area contributed by atoms with Crippen LogP contribution in [0.25, 0.3) is 5.69 Å². The fourth-order valence-electron chi connectivity index (χ4n) is 2.76. The number of para-hydroxylation sites is 1. The van der Waals surface area contributed by atoms with E-state index in [0.717, 1.165) is 17.0 Å². The SMILES string of the molecule is Cc1cc(/C=N\NC(=O)c2ccco2)c(C)n1-c1ccccc1C(=O)O. The molecule has 0 unspecified atom stereocenters. The van der Waals surface area contributed by atoms with Crippen molar-refractivity contribution in [1.82, 2.24) is 9.99 Å². The molecule has 26 heavy (non-hydrogen) atoms. The summed E-state index contributed by atoms with van der Waals surface area (Å²) in [5.74, 6) is -1.27. The minimum absolute atomic E-state index is 0.169. The highest BCUT2D eigenvalue weighted by atomic mass is 16.4. The van der Waals surface area contributed by atoms with E-state index in [1.807, 2.05) is 24.5 Å². The molecule has 1 aromatic carbocycles. The Hall–Kier alpha value is -3.61. The average molecular weight is 351 g/mol. The molecule has 0 fully saturated rings. The van der Waals surface area contributed by atoms with Gasteiger partial charge in [0, 0.05) is 17.0 Å². The summed E-state index contributed by atoms with van der Waals surface area (Å²) in [5.41, 5.74) is 5.62. The van der Waals surface area contributed by atoms with Gasteiger partial charge >= 0.3 is 11.9 Å². The van der Waals surface area contributed by atoms with Gasteiger partial charge in [0.15, 0.2) is 5.76 Å². The molecule has 0 aliphatic rings. The number of hydrogen-bond donors (Lipinski definition) is 2. The second-order valence-corrected chi connectivity index (χ2v) is 5.66. The third-order valence-corrected chi connectivity index (χ3v) is 3.96. The van der Waals surface area contributed by atoms with Crippen LogP contribution >= 0.6 is 0 Å². The monoisotopic (exact) mass is 351 g/mol. The molecule has 7 nitrogen and oxygen atoms in total. The number of amides is 1. The van der Waals surface area contributed by atoms with E-state index in [4.69, 9.17) is 4.42 Å². The van der Waals surface area contributed by atoms with Crippen LogP contribution in [0.2, 0.25) is 0 Å². The topological polar surface area (TPSA) is 96.8 Å². The van der Waals surface area contributed by atoms with Crippen molar-refractivity contribution in [3.63, 3.8) is 0 Å². The number of aromatic carboxylic acids is 1. The summed E-state index contributed by atoms with van der Waals surface area (Å²) in [6, 6.07) is 11.8. The third-order valence-electron chi connectivity index (χ3n) is 3.96. The Labute approximate surface area is 149 Å². The first-order valence-corrected chi connectivity index (χ1v) is 7.87. The van der Waals surface area contributed by atoms with Gasteiger partial charge in [0.05, 0.1) is 23.7 Å². The van der Waals surface area contributed by atoms with Crippen molar-refractivity contribution in [1.29, 1.82) is 0 Å². The Balaban J connectivity index is 1.88. The number of rotatable bonds is 5. The number of benzene rings is 1. The summed E-state index contributed by atoms with van der Waals surface area (Å²) in [6.07, 6.45) is 2.93. The zero-order chi connectivity index (χ0) is 18.7. The van der Waals surface area contributed by atoms with Gasteiger partial charge in [0.25, 0.3) is 0 Å². The maximum atomic E-state index is 11.8. The van der Waals surface area contributed by atoms with Crippen LogP contribution in [-0.2, 0) is 0 Å². The van der Waals surface area contributed by atoms with Gasteiger partial charge in [-0.15, -0.1) is 0 Å². The minimum Gasteiger partial charge on any atom is -0.478 e. The number of hydrogen-bond acceptors (Lipinski definition) is 4. The molecule has 2 heterocycles. The highest BCUT2D eigenvalue weighted by Gasteiger charge is 2.16. The Bertz CT molecular complexity index is 984. The number of carbonyl (C=O) groups excluding carboxylic acids is 1. The predicted octanol–water partition coefficient (Wildman–Crippen LogP) is 3.15. The van der Waals surface area contributed by atoms with Crippen molar-refractivity contribution < 1.29 is 19.1 Å². The highest BCUT2D eigenvalue weighted by molar-refractivity contribution is 5.93. The Morgan fingerprint density at radius 3 is 2.65 bits per heavy atom. The van der Waals surface area contributed by atoms with Crippen molar-refractivity contribution in [2.24, 2.45) is 5.10 Å². The molecule has 3 rings (SSSR count). The number of aromatic nitrogens is 1. The van der Waals surface area contributed by atoms with Crippen LogP contribution in [-0.4, -0.2) is 27.8 Å². The molecule has 132 valence electrons. The summed E-state index contributed by atoms with van der Waals surface area (Å²) in [4.78, 5) is 23.3. The lowest BCUT2D eigenvalue weighted by molar-refractivity contribution is 0.0696. The van der Waals surface area contributed by atoms with E-state index in [9.17, 15) is 14.7 Å². The fraction of sp³-hybridized carbons (Fsp3) is 0.105. The number of aryl methyl sites for hydroxylation is 1. The molecule has 7 heteroatoms. The molecule has 3 aromatic rings. The largest absolute Gasteiger partial charge is 0.478 e. The minimum atomic E-state index is -0.992. The van der Waals surface area contributed by atoms with Gasteiger partial charge in [0.1, 0.15) is 0 Å². The number of furan rings is 1. The molecule has 2 N–H and O–H groups in total. The second kappa shape index (κ2) is 7.10. The summed E-state index contributed by atoms with van der Waals surface area (Å²) in [5, 5.41) is 13.4. The summed E-state index contributed by atoms with van der Waals surface area (Å²) >= 11 is 0. The van der Waals surface area contributed by atoms with E-state index in [0.29, 0.717) is 5.69 Å². The molecular weight excluding hydrogens is 334 g/mol. The molecule has 0 atom stereocenters. The Morgan fingerprint density at radius 2 is 1.96 bits per heavy atom. The first kappa shape index (κ1) is 17.2. The molecule has 0 saturated heterocycles. The lowest BCUT2D eigenvalue weighted by Gasteiger charge is -2.12. The maximum absolute atomic E-state index is 11.8. The lowest BCUT2D eigenvalue weighted by Crippen LogP contribution is -2.16. The summed E-state index contributed by atoms with van der Waals surface area (Å²) < 4.78 is 6.84. The van der Waals surface area contributed by atoms with E-state index < -0.39 is 11.9 Å². The van der Waals surface area contributed by atoms with E-state index in [-0.39, 0.29) is 11.3 Å². The van der Waals surface area contributed by atoms with Crippen molar-refractivity contribution in [3.8, 4) is 5.69 Å². The van der Waals surface area contributed by atoms with Crippen LogP contribution in [0.15, 0.2) is 58.2 Å². The van der Waals surface area contributed by atoms with Crippen molar-refractivity contribution >= 4 is 18.1 Å². The van der Waals surface area contributed by atoms with Gasteiger partial charge in [0.2, 0.25) is 0 Å². The molecule has 0 spiro atoms. The van der Waals surface area contributed by atoms with Crippen molar-refractivity contribution in [3.05, 3.63) is 77.0 Å². The molecule has 0 radical (unpaired) electrons. The number of hydrazone groups is 1. The third kappa shape index (κ3) is 3.27. The van der Waals surface area contributed by atoms with Gasteiger partial charge in [-0.2, -0.15) is 5.10 Å². The number of carbonyl (C=O) groups is 2. The zero-order valence-corrected chi connectivity index (χ0v) is 14.3. The van der Waals surface area contributed by atoms with E-state index in [1.165, 1.54) is 12.5 Å². The van der Waals surface area contributed by atoms with Gasteiger partial charge in [-0.3, -0.25) is 4.79 Å². The quantitative estimate of drug-likeness (QED) is 0.545. The fourth-order valence-corrected chi connectivity index (χ4v) is 2.76. The Kier molecular flexibility index (Phi) is 4.70. The van der Waals surface area contributed by atoms with Gasteiger partial charge < -0.3 is 14.1 Å². The molecular formula is C19H17N3O4.